The largest absolute Gasteiger partial charge is 0.495 e. The lowest BCUT2D eigenvalue weighted by Gasteiger charge is -2.17. The number of nitrogens with zero attached hydrogens (tertiary/aromatic N) is 2. The molecule has 22 heavy (non-hydrogen) atoms. The van der Waals surface area contributed by atoms with Gasteiger partial charge in [-0.25, -0.2) is 4.79 Å². The Bertz CT molecular complexity index is 725. The lowest BCUT2D eigenvalue weighted by Crippen LogP contribution is -2.01. The average Bonchev–Trinajstić information content (AvgIpc) is 2.88. The van der Waals surface area contributed by atoms with E-state index in [0.717, 1.165) is 17.5 Å². The topological polar surface area (TPSA) is 73.6 Å². The second kappa shape index (κ2) is 6.39. The Labute approximate surface area is 136 Å². The molecular formula is C15H17BrN2O4. The Morgan fingerprint density at radius 2 is 1.95 bits per heavy atom. The molecule has 2 aromatic rings. The van der Waals surface area contributed by atoms with Crippen molar-refractivity contribution in [2.24, 2.45) is 7.05 Å². The molecule has 0 bridgehead atoms. The smallest absolute Gasteiger partial charge is 0.356 e. The molecule has 0 unspecified atom stereocenters. The van der Waals surface area contributed by atoms with Crippen LogP contribution in [-0.2, 0) is 13.5 Å². The summed E-state index contributed by atoms with van der Waals surface area (Å²) in [7, 11) is 4.86. The van der Waals surface area contributed by atoms with Gasteiger partial charge in [0.1, 0.15) is 16.0 Å². The summed E-state index contributed by atoms with van der Waals surface area (Å²) in [5.41, 5.74) is 2.40. The van der Waals surface area contributed by atoms with Gasteiger partial charge in [0.25, 0.3) is 0 Å². The minimum Gasteiger partial charge on any atom is -0.495 e. The van der Waals surface area contributed by atoms with Gasteiger partial charge in [-0.15, -0.1) is 0 Å². The molecule has 0 aliphatic carbocycles. The van der Waals surface area contributed by atoms with Gasteiger partial charge in [0.05, 0.1) is 19.9 Å². The molecule has 0 spiro atoms. The zero-order valence-electron chi connectivity index (χ0n) is 12.8. The minimum absolute atomic E-state index is 0.00968. The van der Waals surface area contributed by atoms with Crippen molar-refractivity contribution in [2.45, 2.75) is 13.3 Å². The first-order chi connectivity index (χ1) is 10.4. The fourth-order valence-electron chi connectivity index (χ4n) is 2.36. The van der Waals surface area contributed by atoms with E-state index in [1.807, 2.05) is 13.0 Å². The second-order valence-electron chi connectivity index (χ2n) is 4.66. The van der Waals surface area contributed by atoms with Crippen molar-refractivity contribution in [1.29, 1.82) is 0 Å². The van der Waals surface area contributed by atoms with E-state index in [1.54, 1.807) is 21.3 Å². The van der Waals surface area contributed by atoms with Crippen molar-refractivity contribution in [3.05, 3.63) is 27.9 Å². The summed E-state index contributed by atoms with van der Waals surface area (Å²) in [6.45, 7) is 2.02. The van der Waals surface area contributed by atoms with Gasteiger partial charge in [-0.1, -0.05) is 6.92 Å². The van der Waals surface area contributed by atoms with Crippen LogP contribution in [0.15, 0.2) is 16.6 Å². The van der Waals surface area contributed by atoms with E-state index in [0.29, 0.717) is 21.7 Å². The van der Waals surface area contributed by atoms with Crippen LogP contribution in [0.1, 0.15) is 23.0 Å². The Hall–Kier alpha value is -2.02. The molecule has 118 valence electrons. The van der Waals surface area contributed by atoms with Crippen molar-refractivity contribution in [3.8, 4) is 22.8 Å². The van der Waals surface area contributed by atoms with Gasteiger partial charge < -0.3 is 14.6 Å². The molecule has 1 aromatic carbocycles. The molecule has 0 saturated heterocycles. The van der Waals surface area contributed by atoms with E-state index >= 15 is 0 Å². The van der Waals surface area contributed by atoms with Gasteiger partial charge in [0.2, 0.25) is 0 Å². The lowest BCUT2D eigenvalue weighted by molar-refractivity contribution is 0.0689. The summed E-state index contributed by atoms with van der Waals surface area (Å²) in [6, 6.07) is 3.46. The number of aromatic carboxylic acids is 1. The quantitative estimate of drug-likeness (QED) is 0.877. The predicted octanol–water partition coefficient (Wildman–Crippen LogP) is 3.13. The molecule has 1 heterocycles. The summed E-state index contributed by atoms with van der Waals surface area (Å²) in [4.78, 5) is 11.1. The number of aryl methyl sites for hydroxylation is 2. The number of hydrogen-bond donors (Lipinski definition) is 1. The molecule has 0 amide bonds. The number of ether oxygens (including phenoxy) is 2. The summed E-state index contributed by atoms with van der Waals surface area (Å²) >= 11 is 3.51. The Kier molecular flexibility index (Phi) is 4.75. The fourth-order valence-corrected chi connectivity index (χ4v) is 3.16. The molecule has 0 saturated carbocycles. The summed E-state index contributed by atoms with van der Waals surface area (Å²) < 4.78 is 13.1. The van der Waals surface area contributed by atoms with E-state index in [1.165, 1.54) is 10.7 Å². The first-order valence-corrected chi connectivity index (χ1v) is 7.44. The van der Waals surface area contributed by atoms with Crippen LogP contribution in [0, 0.1) is 0 Å². The van der Waals surface area contributed by atoms with E-state index in [9.17, 15) is 4.79 Å². The number of carbonyl (C=O) groups is 1. The number of halogens is 1. The maximum absolute atomic E-state index is 11.1. The maximum atomic E-state index is 11.1. The first-order valence-electron chi connectivity index (χ1n) is 6.65. The van der Waals surface area contributed by atoms with Crippen LogP contribution < -0.4 is 9.47 Å². The zero-order valence-corrected chi connectivity index (χ0v) is 14.4. The molecule has 0 atom stereocenters. The van der Waals surface area contributed by atoms with Gasteiger partial charge in [0, 0.05) is 12.6 Å². The third kappa shape index (κ3) is 2.68. The van der Waals surface area contributed by atoms with Crippen LogP contribution >= 0.6 is 15.9 Å². The van der Waals surface area contributed by atoms with Gasteiger partial charge in [-0.3, -0.25) is 4.68 Å². The molecular weight excluding hydrogens is 352 g/mol. The van der Waals surface area contributed by atoms with Crippen molar-refractivity contribution in [2.75, 3.05) is 14.2 Å². The third-order valence-corrected chi connectivity index (χ3v) is 4.14. The highest BCUT2D eigenvalue weighted by Gasteiger charge is 2.22. The predicted molar refractivity (Wildman–Crippen MR) is 85.8 cm³/mol. The molecule has 7 heteroatoms. The molecule has 0 fully saturated rings. The highest BCUT2D eigenvalue weighted by molar-refractivity contribution is 9.10. The van der Waals surface area contributed by atoms with E-state index in [-0.39, 0.29) is 5.69 Å². The fraction of sp³-hybridized carbons (Fsp3) is 0.333. The van der Waals surface area contributed by atoms with Crippen LogP contribution in [0.4, 0.5) is 0 Å². The van der Waals surface area contributed by atoms with Crippen LogP contribution in [-0.4, -0.2) is 35.1 Å². The van der Waals surface area contributed by atoms with E-state index in [2.05, 4.69) is 21.0 Å². The average molecular weight is 369 g/mol. The first kappa shape index (κ1) is 16.4. The Morgan fingerprint density at radius 3 is 2.41 bits per heavy atom. The van der Waals surface area contributed by atoms with Crippen molar-refractivity contribution < 1.29 is 19.4 Å². The number of rotatable bonds is 5. The number of hydrogen-bond acceptors (Lipinski definition) is 4. The highest BCUT2D eigenvalue weighted by Crippen LogP contribution is 2.44. The maximum Gasteiger partial charge on any atom is 0.356 e. The number of carboxylic acids is 1. The van der Waals surface area contributed by atoms with Crippen molar-refractivity contribution >= 4 is 21.9 Å². The number of carboxylic acid groups (broad SMARTS) is 1. The van der Waals surface area contributed by atoms with Crippen molar-refractivity contribution in [1.82, 2.24) is 9.78 Å². The molecule has 1 aromatic heterocycles. The monoisotopic (exact) mass is 368 g/mol. The lowest BCUT2D eigenvalue weighted by atomic mass is 10.0. The molecule has 6 nitrogen and oxygen atoms in total. The summed E-state index contributed by atoms with van der Waals surface area (Å²) in [6.07, 6.45) is 0.766. The van der Waals surface area contributed by atoms with Gasteiger partial charge >= 0.3 is 5.97 Å². The van der Waals surface area contributed by atoms with Gasteiger partial charge in [-0.05, 0) is 40.0 Å². The number of methoxy groups -OCH3 is 2. The molecule has 2 rings (SSSR count). The zero-order chi connectivity index (χ0) is 16.4. The van der Waals surface area contributed by atoms with Crippen LogP contribution in [0.2, 0.25) is 0 Å². The standard InChI is InChI=1S/C15H17BrN2O4/c1-5-8-6-9(14(22-4)12(16)13(8)21-3)11-7-10(15(19)20)17-18(11)2/h6-7H,5H2,1-4H3,(H,19,20). The number of benzene rings is 1. The molecule has 0 aliphatic heterocycles. The van der Waals surface area contributed by atoms with Gasteiger partial charge in [0.15, 0.2) is 5.69 Å². The van der Waals surface area contributed by atoms with Crippen LogP contribution in [0.3, 0.4) is 0 Å². The Balaban J connectivity index is 2.74. The summed E-state index contributed by atoms with van der Waals surface area (Å²) in [5, 5.41) is 13.1. The highest BCUT2D eigenvalue weighted by atomic mass is 79.9. The van der Waals surface area contributed by atoms with E-state index < -0.39 is 5.97 Å². The van der Waals surface area contributed by atoms with Crippen LogP contribution in [0.25, 0.3) is 11.3 Å². The van der Waals surface area contributed by atoms with E-state index in [4.69, 9.17) is 14.6 Å². The van der Waals surface area contributed by atoms with Gasteiger partial charge in [-0.2, -0.15) is 5.10 Å². The van der Waals surface area contributed by atoms with Crippen LogP contribution in [0.5, 0.6) is 11.5 Å². The number of aromatic nitrogens is 2. The molecule has 0 radical (unpaired) electrons. The second-order valence-corrected chi connectivity index (χ2v) is 5.45. The Morgan fingerprint density at radius 1 is 1.32 bits per heavy atom. The minimum atomic E-state index is -1.07. The normalized spacial score (nSPS) is 10.6. The molecule has 1 N–H and O–H groups in total. The molecule has 0 aliphatic rings. The van der Waals surface area contributed by atoms with Crippen molar-refractivity contribution in [3.63, 3.8) is 0 Å². The summed E-state index contributed by atoms with van der Waals surface area (Å²) in [5.74, 6) is 0.224. The third-order valence-electron chi connectivity index (χ3n) is 3.42. The SMILES string of the molecule is CCc1cc(-c2cc(C(=O)O)nn2C)c(OC)c(Br)c1OC.